The molecule has 3 nitrogen and oxygen atoms in total. The van der Waals surface area contributed by atoms with Gasteiger partial charge in [-0.25, -0.2) is 0 Å². The van der Waals surface area contributed by atoms with Crippen LogP contribution in [0.1, 0.15) is 6.42 Å². The summed E-state index contributed by atoms with van der Waals surface area (Å²) < 4.78 is 31.2. The van der Waals surface area contributed by atoms with Gasteiger partial charge in [0, 0.05) is 19.5 Å². The summed E-state index contributed by atoms with van der Waals surface area (Å²) in [6.07, 6.45) is 0.446. The van der Waals surface area contributed by atoms with Crippen LogP contribution in [0.15, 0.2) is 12.7 Å². The zero-order chi connectivity index (χ0) is 10.6. The minimum Gasteiger partial charge on any atom is -0.378 e. The van der Waals surface area contributed by atoms with Gasteiger partial charge in [-0.3, -0.25) is 4.79 Å². The molecule has 0 spiro atoms. The number of carbonyl (C=O) groups excluding carboxylic acids is 1. The molecule has 0 aromatic rings. The lowest BCUT2D eigenvalue weighted by molar-refractivity contribution is -0.160. The van der Waals surface area contributed by atoms with Crippen molar-refractivity contribution in [2.24, 2.45) is 0 Å². The van der Waals surface area contributed by atoms with E-state index < -0.39 is 18.3 Å². The maximum absolute atomic E-state index is 13.1. The van der Waals surface area contributed by atoms with Crippen LogP contribution in [0.5, 0.6) is 0 Å². The molecule has 1 fully saturated rings. The topological polar surface area (TPSA) is 29.5 Å². The van der Waals surface area contributed by atoms with E-state index in [1.165, 1.54) is 0 Å². The zero-order valence-corrected chi connectivity index (χ0v) is 7.84. The Morgan fingerprint density at radius 1 is 1.50 bits per heavy atom. The molecule has 80 valence electrons. The lowest BCUT2D eigenvalue weighted by atomic mass is 10.2. The minimum absolute atomic E-state index is 0.242. The molecule has 1 saturated heterocycles. The van der Waals surface area contributed by atoms with Gasteiger partial charge in [-0.1, -0.05) is 6.08 Å². The molecule has 1 heterocycles. The van der Waals surface area contributed by atoms with Crippen LogP contribution < -0.4 is 0 Å². The Bertz CT molecular complexity index is 225. The van der Waals surface area contributed by atoms with Crippen molar-refractivity contribution >= 4 is 5.91 Å². The maximum Gasteiger partial charge on any atom is 0.328 e. The van der Waals surface area contributed by atoms with Crippen LogP contribution in [0, 0.1) is 0 Å². The third-order valence-corrected chi connectivity index (χ3v) is 2.01. The van der Waals surface area contributed by atoms with Crippen LogP contribution in [-0.2, 0) is 9.53 Å². The molecule has 14 heavy (non-hydrogen) atoms. The van der Waals surface area contributed by atoms with Gasteiger partial charge in [-0.2, -0.15) is 8.78 Å². The number of allylic oxidation sites excluding steroid dienone is 1. The molecule has 0 aromatic carbocycles. The zero-order valence-electron chi connectivity index (χ0n) is 7.84. The van der Waals surface area contributed by atoms with Crippen LogP contribution >= 0.6 is 0 Å². The van der Waals surface area contributed by atoms with Gasteiger partial charge < -0.3 is 9.64 Å². The van der Waals surface area contributed by atoms with E-state index in [9.17, 15) is 13.6 Å². The monoisotopic (exact) mass is 205 g/mol. The smallest absolute Gasteiger partial charge is 0.328 e. The van der Waals surface area contributed by atoms with E-state index in [-0.39, 0.29) is 13.1 Å². The highest BCUT2D eigenvalue weighted by Gasteiger charge is 2.40. The van der Waals surface area contributed by atoms with Crippen LogP contribution in [0.3, 0.4) is 0 Å². The average Bonchev–Trinajstić information content (AvgIpc) is 2.18. The van der Waals surface area contributed by atoms with Crippen LogP contribution in [0.4, 0.5) is 8.78 Å². The standard InChI is InChI=1S/C9H13F2NO2/c1-2-3-9(10,11)8(13)12-4-6-14-7-5-12/h2H,1,3-7H2. The Labute approximate surface area is 81.3 Å². The Hall–Kier alpha value is -0.970. The van der Waals surface area contributed by atoms with Crippen LogP contribution in [0.25, 0.3) is 0 Å². The lowest BCUT2D eigenvalue weighted by Crippen LogP contribution is -2.48. The minimum atomic E-state index is -3.32. The molecule has 0 aliphatic carbocycles. The van der Waals surface area contributed by atoms with Gasteiger partial charge in [-0.15, -0.1) is 6.58 Å². The highest BCUT2D eigenvalue weighted by Crippen LogP contribution is 2.22. The van der Waals surface area contributed by atoms with Crippen LogP contribution in [0.2, 0.25) is 0 Å². The average molecular weight is 205 g/mol. The van der Waals surface area contributed by atoms with Gasteiger partial charge in [0.1, 0.15) is 0 Å². The summed E-state index contributed by atoms with van der Waals surface area (Å²) in [7, 11) is 0. The predicted molar refractivity (Wildman–Crippen MR) is 47.2 cm³/mol. The van der Waals surface area contributed by atoms with E-state index in [1.54, 1.807) is 0 Å². The van der Waals surface area contributed by atoms with Crippen molar-refractivity contribution in [3.05, 3.63) is 12.7 Å². The van der Waals surface area contributed by atoms with Crippen molar-refractivity contribution in [1.29, 1.82) is 0 Å². The number of hydrogen-bond donors (Lipinski definition) is 0. The van der Waals surface area contributed by atoms with Crippen LogP contribution in [-0.4, -0.2) is 43.0 Å². The van der Waals surface area contributed by atoms with E-state index >= 15 is 0 Å². The third kappa shape index (κ3) is 2.51. The Morgan fingerprint density at radius 2 is 2.07 bits per heavy atom. The van der Waals surface area contributed by atoms with Crippen molar-refractivity contribution in [3.63, 3.8) is 0 Å². The molecule has 1 aliphatic rings. The first-order valence-corrected chi connectivity index (χ1v) is 4.44. The number of alkyl halides is 2. The summed E-state index contributed by atoms with van der Waals surface area (Å²) in [5.74, 6) is -4.44. The molecule has 1 aliphatic heterocycles. The van der Waals surface area contributed by atoms with E-state index in [0.717, 1.165) is 11.0 Å². The second kappa shape index (κ2) is 4.50. The number of amides is 1. The molecule has 0 atom stereocenters. The molecule has 0 N–H and O–H groups in total. The number of carbonyl (C=O) groups is 1. The summed E-state index contributed by atoms with van der Waals surface area (Å²) in [6.45, 7) is 4.34. The number of rotatable bonds is 3. The Balaban J connectivity index is 2.57. The van der Waals surface area contributed by atoms with Gasteiger partial charge >= 0.3 is 5.92 Å². The SMILES string of the molecule is C=CCC(F)(F)C(=O)N1CCOCC1. The highest BCUT2D eigenvalue weighted by molar-refractivity contribution is 5.83. The first kappa shape index (κ1) is 11.1. The maximum atomic E-state index is 13.1. The largest absolute Gasteiger partial charge is 0.378 e. The lowest BCUT2D eigenvalue weighted by Gasteiger charge is -2.29. The van der Waals surface area contributed by atoms with Gasteiger partial charge in [0.2, 0.25) is 0 Å². The Kier molecular flexibility index (Phi) is 3.57. The van der Waals surface area contributed by atoms with E-state index in [0.29, 0.717) is 13.2 Å². The molecular weight excluding hydrogens is 192 g/mol. The molecular formula is C9H13F2NO2. The molecule has 1 amide bonds. The molecule has 1 rings (SSSR count). The normalized spacial score (nSPS) is 18.0. The molecule has 0 saturated carbocycles. The summed E-state index contributed by atoms with van der Waals surface area (Å²) in [6, 6.07) is 0. The molecule has 0 bridgehead atoms. The number of halogens is 2. The summed E-state index contributed by atoms with van der Waals surface area (Å²) in [4.78, 5) is 12.4. The number of nitrogens with zero attached hydrogens (tertiary/aromatic N) is 1. The second-order valence-electron chi connectivity index (χ2n) is 3.10. The summed E-state index contributed by atoms with van der Waals surface area (Å²) in [5.41, 5.74) is 0. The molecule has 0 unspecified atom stereocenters. The Morgan fingerprint density at radius 3 is 2.57 bits per heavy atom. The molecule has 5 heteroatoms. The van der Waals surface area contributed by atoms with Crippen molar-refractivity contribution in [3.8, 4) is 0 Å². The first-order chi connectivity index (χ1) is 6.58. The quantitative estimate of drug-likeness (QED) is 0.645. The predicted octanol–water partition coefficient (Wildman–Crippen LogP) is 1.06. The number of ether oxygens (including phenoxy) is 1. The fourth-order valence-corrected chi connectivity index (χ4v) is 1.27. The van der Waals surface area contributed by atoms with E-state index in [2.05, 4.69) is 6.58 Å². The fourth-order valence-electron chi connectivity index (χ4n) is 1.27. The number of hydrogen-bond acceptors (Lipinski definition) is 2. The highest BCUT2D eigenvalue weighted by atomic mass is 19.3. The molecule has 0 radical (unpaired) electrons. The van der Waals surface area contributed by atoms with E-state index in [4.69, 9.17) is 4.74 Å². The third-order valence-electron chi connectivity index (χ3n) is 2.01. The van der Waals surface area contributed by atoms with Crippen molar-refractivity contribution < 1.29 is 18.3 Å². The van der Waals surface area contributed by atoms with E-state index in [1.807, 2.05) is 0 Å². The second-order valence-corrected chi connectivity index (χ2v) is 3.10. The fraction of sp³-hybridized carbons (Fsp3) is 0.667. The summed E-state index contributed by atoms with van der Waals surface area (Å²) >= 11 is 0. The van der Waals surface area contributed by atoms with Gasteiger partial charge in [0.05, 0.1) is 13.2 Å². The number of morpholine rings is 1. The van der Waals surface area contributed by atoms with Gasteiger partial charge in [0.25, 0.3) is 5.91 Å². The van der Waals surface area contributed by atoms with Gasteiger partial charge in [0.15, 0.2) is 0 Å². The molecule has 0 aromatic heterocycles. The summed E-state index contributed by atoms with van der Waals surface area (Å²) in [5, 5.41) is 0. The van der Waals surface area contributed by atoms with Crippen molar-refractivity contribution in [2.75, 3.05) is 26.3 Å². The van der Waals surface area contributed by atoms with Crippen molar-refractivity contribution in [2.45, 2.75) is 12.3 Å². The van der Waals surface area contributed by atoms with Gasteiger partial charge in [-0.05, 0) is 0 Å². The van der Waals surface area contributed by atoms with Crippen molar-refractivity contribution in [1.82, 2.24) is 4.90 Å². The first-order valence-electron chi connectivity index (χ1n) is 4.44.